The van der Waals surface area contributed by atoms with Crippen LogP contribution in [0.15, 0.2) is 53.5 Å². The molecule has 0 bridgehead atoms. The van der Waals surface area contributed by atoms with Crippen LogP contribution in [0.3, 0.4) is 0 Å². The number of hydrogen-bond acceptors (Lipinski definition) is 9. The molecule has 1 N–H and O–H groups in total. The lowest BCUT2D eigenvalue weighted by Crippen LogP contribution is -2.06. The molecule has 3 heterocycles. The fraction of sp³-hybridized carbons (Fsp3) is 0.182. The van der Waals surface area contributed by atoms with Crippen LogP contribution in [-0.4, -0.2) is 41.3 Å². The summed E-state index contributed by atoms with van der Waals surface area (Å²) in [5.41, 5.74) is 4.28. The Hall–Kier alpha value is -3.72. The van der Waals surface area contributed by atoms with Crippen LogP contribution in [-0.2, 0) is 6.54 Å². The molecular weight excluding hydrogens is 414 g/mol. The summed E-state index contributed by atoms with van der Waals surface area (Å²) < 4.78 is 15.8. The summed E-state index contributed by atoms with van der Waals surface area (Å²) in [7, 11) is 4.71. The Labute approximate surface area is 183 Å². The van der Waals surface area contributed by atoms with Crippen molar-refractivity contribution in [3.63, 3.8) is 0 Å². The maximum Gasteiger partial charge on any atom is 0.319 e. The zero-order valence-electron chi connectivity index (χ0n) is 17.3. The summed E-state index contributed by atoms with van der Waals surface area (Å²) in [6, 6.07) is 10.1. The van der Waals surface area contributed by atoms with Gasteiger partial charge in [0.2, 0.25) is 11.8 Å². The lowest BCUT2D eigenvalue weighted by atomic mass is 10.1. The molecule has 0 aliphatic heterocycles. The molecule has 3 aromatic heterocycles. The van der Waals surface area contributed by atoms with Crippen LogP contribution in [0, 0.1) is 0 Å². The second-order valence-corrected chi connectivity index (χ2v) is 7.23. The van der Waals surface area contributed by atoms with E-state index < -0.39 is 0 Å². The Kier molecular flexibility index (Phi) is 6.23. The number of thiophene rings is 1. The van der Waals surface area contributed by atoms with Gasteiger partial charge in [0.05, 0.1) is 32.6 Å². The van der Waals surface area contributed by atoms with Gasteiger partial charge in [-0.2, -0.15) is 16.3 Å². The smallest absolute Gasteiger partial charge is 0.319 e. The molecule has 0 aliphatic carbocycles. The number of anilines is 1. The molecule has 0 spiro atoms. The molecule has 0 aliphatic rings. The molecule has 31 heavy (non-hydrogen) atoms. The van der Waals surface area contributed by atoms with E-state index in [1.807, 2.05) is 41.1 Å². The summed E-state index contributed by atoms with van der Waals surface area (Å²) in [6.07, 6.45) is 3.44. The largest absolute Gasteiger partial charge is 0.497 e. The second-order valence-electron chi connectivity index (χ2n) is 6.45. The first kappa shape index (κ1) is 20.5. The summed E-state index contributed by atoms with van der Waals surface area (Å²) in [6.45, 7) is 0.567. The lowest BCUT2D eigenvalue weighted by Gasteiger charge is -2.13. The third-order valence-electron chi connectivity index (χ3n) is 4.59. The Balaban J connectivity index is 1.70. The highest BCUT2D eigenvalue weighted by atomic mass is 32.1. The van der Waals surface area contributed by atoms with E-state index in [0.717, 1.165) is 22.4 Å². The van der Waals surface area contributed by atoms with Gasteiger partial charge >= 0.3 is 6.01 Å². The van der Waals surface area contributed by atoms with E-state index in [1.54, 1.807) is 38.0 Å². The quantitative estimate of drug-likeness (QED) is 0.438. The minimum atomic E-state index is 0.226. The average Bonchev–Trinajstić information content (AvgIpc) is 3.37. The Morgan fingerprint density at radius 2 is 1.68 bits per heavy atom. The van der Waals surface area contributed by atoms with Gasteiger partial charge in [-0.15, -0.1) is 0 Å². The summed E-state index contributed by atoms with van der Waals surface area (Å²) in [5, 5.41) is 7.33. The van der Waals surface area contributed by atoms with Crippen molar-refractivity contribution in [1.82, 2.24) is 19.9 Å². The standard InChI is InChI=1S/C22H21N5O3S/c1-28-16-6-4-14(5-7-16)10-23-21-24-11-17(15-8-9-31-13-15)19(26-21)18-12-25-22(30-3)27-20(18)29-2/h4-9,11-13H,10H2,1-3H3,(H,23,24,26). The number of rotatable bonds is 8. The molecule has 8 nitrogen and oxygen atoms in total. The maximum absolute atomic E-state index is 5.48. The molecule has 4 rings (SSSR count). The minimum Gasteiger partial charge on any atom is -0.497 e. The molecule has 9 heteroatoms. The van der Waals surface area contributed by atoms with Gasteiger partial charge in [-0.05, 0) is 40.1 Å². The third-order valence-corrected chi connectivity index (χ3v) is 5.28. The van der Waals surface area contributed by atoms with Crippen LogP contribution in [0.1, 0.15) is 5.56 Å². The van der Waals surface area contributed by atoms with Crippen LogP contribution in [0.2, 0.25) is 0 Å². The van der Waals surface area contributed by atoms with Crippen molar-refractivity contribution in [3.05, 3.63) is 59.0 Å². The van der Waals surface area contributed by atoms with Crippen molar-refractivity contribution in [2.45, 2.75) is 6.54 Å². The van der Waals surface area contributed by atoms with E-state index in [-0.39, 0.29) is 6.01 Å². The number of hydrogen-bond donors (Lipinski definition) is 1. The molecule has 0 saturated heterocycles. The van der Waals surface area contributed by atoms with Crippen molar-refractivity contribution < 1.29 is 14.2 Å². The molecule has 0 atom stereocenters. The van der Waals surface area contributed by atoms with Gasteiger partial charge in [0, 0.05) is 24.5 Å². The molecule has 0 unspecified atom stereocenters. The van der Waals surface area contributed by atoms with Gasteiger partial charge in [0.25, 0.3) is 0 Å². The molecule has 0 radical (unpaired) electrons. The minimum absolute atomic E-state index is 0.226. The van der Waals surface area contributed by atoms with Crippen LogP contribution < -0.4 is 19.5 Å². The summed E-state index contributed by atoms with van der Waals surface area (Å²) >= 11 is 1.61. The lowest BCUT2D eigenvalue weighted by molar-refractivity contribution is 0.353. The van der Waals surface area contributed by atoms with Crippen LogP contribution in [0.25, 0.3) is 22.4 Å². The number of ether oxygens (including phenoxy) is 3. The first-order valence-corrected chi connectivity index (χ1v) is 10.4. The highest BCUT2D eigenvalue weighted by Crippen LogP contribution is 2.36. The number of benzene rings is 1. The first-order chi connectivity index (χ1) is 15.2. The highest BCUT2D eigenvalue weighted by molar-refractivity contribution is 7.08. The average molecular weight is 436 g/mol. The van der Waals surface area contributed by atoms with Crippen LogP contribution in [0.4, 0.5) is 5.95 Å². The van der Waals surface area contributed by atoms with Crippen LogP contribution >= 0.6 is 11.3 Å². The van der Waals surface area contributed by atoms with Gasteiger partial charge in [0.15, 0.2) is 0 Å². The highest BCUT2D eigenvalue weighted by Gasteiger charge is 2.18. The van der Waals surface area contributed by atoms with E-state index in [4.69, 9.17) is 19.2 Å². The molecule has 4 aromatic rings. The zero-order valence-corrected chi connectivity index (χ0v) is 18.1. The van der Waals surface area contributed by atoms with E-state index in [1.165, 1.54) is 7.11 Å². The van der Waals surface area contributed by atoms with Crippen molar-refractivity contribution >= 4 is 17.3 Å². The fourth-order valence-electron chi connectivity index (χ4n) is 2.99. The zero-order chi connectivity index (χ0) is 21.6. The normalized spacial score (nSPS) is 10.5. The molecule has 0 amide bonds. The predicted octanol–water partition coefficient (Wildman–Crippen LogP) is 4.30. The van der Waals surface area contributed by atoms with E-state index in [0.29, 0.717) is 29.6 Å². The Morgan fingerprint density at radius 3 is 2.35 bits per heavy atom. The summed E-state index contributed by atoms with van der Waals surface area (Å²) in [5.74, 6) is 1.68. The summed E-state index contributed by atoms with van der Waals surface area (Å²) in [4.78, 5) is 17.8. The SMILES string of the molecule is COc1ccc(CNc2ncc(-c3ccsc3)c(-c3cnc(OC)nc3OC)n2)cc1. The Bertz CT molecular complexity index is 1150. The molecular formula is C22H21N5O3S. The molecule has 1 aromatic carbocycles. The number of nitrogens with zero attached hydrogens (tertiary/aromatic N) is 4. The van der Waals surface area contributed by atoms with Gasteiger partial charge in [-0.3, -0.25) is 0 Å². The van der Waals surface area contributed by atoms with Crippen molar-refractivity contribution in [1.29, 1.82) is 0 Å². The van der Waals surface area contributed by atoms with Gasteiger partial charge in [-0.1, -0.05) is 12.1 Å². The number of aromatic nitrogens is 4. The Morgan fingerprint density at radius 1 is 0.871 bits per heavy atom. The van der Waals surface area contributed by atoms with Gasteiger partial charge in [0.1, 0.15) is 5.75 Å². The van der Waals surface area contributed by atoms with Gasteiger partial charge < -0.3 is 19.5 Å². The van der Waals surface area contributed by atoms with Crippen molar-refractivity contribution in [3.8, 4) is 40.0 Å². The maximum atomic E-state index is 5.48. The number of methoxy groups -OCH3 is 3. The molecule has 0 fully saturated rings. The topological polar surface area (TPSA) is 91.3 Å². The number of nitrogens with one attached hydrogen (secondary N) is 1. The van der Waals surface area contributed by atoms with Crippen molar-refractivity contribution in [2.24, 2.45) is 0 Å². The van der Waals surface area contributed by atoms with Gasteiger partial charge in [-0.25, -0.2) is 15.0 Å². The van der Waals surface area contributed by atoms with E-state index in [2.05, 4.69) is 20.3 Å². The molecule has 0 saturated carbocycles. The third kappa shape index (κ3) is 4.56. The monoisotopic (exact) mass is 435 g/mol. The predicted molar refractivity (Wildman–Crippen MR) is 120 cm³/mol. The molecule has 158 valence electrons. The first-order valence-electron chi connectivity index (χ1n) is 9.43. The van der Waals surface area contributed by atoms with Crippen molar-refractivity contribution in [2.75, 3.05) is 26.6 Å². The van der Waals surface area contributed by atoms with E-state index in [9.17, 15) is 0 Å². The van der Waals surface area contributed by atoms with Crippen LogP contribution in [0.5, 0.6) is 17.6 Å². The second kappa shape index (κ2) is 9.40. The fourth-order valence-corrected chi connectivity index (χ4v) is 3.65. The van der Waals surface area contributed by atoms with E-state index >= 15 is 0 Å².